The molecule has 0 aromatic heterocycles. The molecule has 0 spiro atoms. The SMILES string of the molecule is O=C(CNP(=O)(Cl)Oc1ccccc1)OC1CCCC1. The summed E-state index contributed by atoms with van der Waals surface area (Å²) in [6.45, 7) is -3.82. The van der Waals surface area contributed by atoms with Crippen LogP contribution in [0.25, 0.3) is 0 Å². The number of para-hydroxylation sites is 1. The van der Waals surface area contributed by atoms with Gasteiger partial charge in [-0.3, -0.25) is 4.79 Å². The molecule has 0 aliphatic heterocycles. The lowest BCUT2D eigenvalue weighted by Gasteiger charge is -2.15. The molecule has 1 N–H and O–H groups in total. The van der Waals surface area contributed by atoms with Gasteiger partial charge in [0.05, 0.1) is 0 Å². The van der Waals surface area contributed by atoms with Crippen molar-refractivity contribution in [2.24, 2.45) is 0 Å². The van der Waals surface area contributed by atoms with Gasteiger partial charge in [-0.05, 0) is 37.8 Å². The number of hydrogen-bond acceptors (Lipinski definition) is 4. The van der Waals surface area contributed by atoms with Crippen molar-refractivity contribution in [3.63, 3.8) is 0 Å². The quantitative estimate of drug-likeness (QED) is 0.642. The average Bonchev–Trinajstić information content (AvgIpc) is 2.90. The molecule has 1 aromatic rings. The molecule has 5 nitrogen and oxygen atoms in total. The van der Waals surface area contributed by atoms with Crippen LogP contribution in [0.15, 0.2) is 30.3 Å². The Kier molecular flexibility index (Phi) is 5.46. The normalized spacial score (nSPS) is 18.4. The number of rotatable bonds is 6. The second-order valence-electron chi connectivity index (χ2n) is 4.62. The van der Waals surface area contributed by atoms with Crippen molar-refractivity contribution < 1.29 is 18.6 Å². The maximum atomic E-state index is 11.9. The molecule has 0 saturated heterocycles. The number of hydrogen-bond donors (Lipinski definition) is 1. The Morgan fingerprint density at radius 2 is 1.95 bits per heavy atom. The molecule has 2 rings (SSSR count). The largest absolute Gasteiger partial charge is 0.461 e. The van der Waals surface area contributed by atoms with Crippen LogP contribution in [-0.2, 0) is 14.1 Å². The number of carbonyl (C=O) groups excluding carboxylic acids is 1. The third-order valence-corrected chi connectivity index (χ3v) is 4.53. The number of carbonyl (C=O) groups is 1. The molecule has 110 valence electrons. The van der Waals surface area contributed by atoms with Crippen molar-refractivity contribution in [2.45, 2.75) is 31.8 Å². The number of benzene rings is 1. The van der Waals surface area contributed by atoms with Gasteiger partial charge in [-0.1, -0.05) is 18.2 Å². The number of esters is 1. The summed E-state index contributed by atoms with van der Waals surface area (Å²) in [5.74, 6) is -0.0862. The third-order valence-electron chi connectivity index (χ3n) is 2.98. The van der Waals surface area contributed by atoms with E-state index in [1.54, 1.807) is 30.3 Å². The molecule has 0 bridgehead atoms. The zero-order valence-corrected chi connectivity index (χ0v) is 12.6. The lowest BCUT2D eigenvalue weighted by Crippen LogP contribution is -2.25. The highest BCUT2D eigenvalue weighted by atomic mass is 35.7. The first-order valence-corrected chi connectivity index (χ1v) is 9.07. The van der Waals surface area contributed by atoms with E-state index in [4.69, 9.17) is 20.5 Å². The highest BCUT2D eigenvalue weighted by molar-refractivity contribution is 7.84. The summed E-state index contributed by atoms with van der Waals surface area (Å²) in [5, 5.41) is 2.41. The predicted molar refractivity (Wildman–Crippen MR) is 76.9 cm³/mol. The van der Waals surface area contributed by atoms with E-state index in [1.165, 1.54) is 0 Å². The third kappa shape index (κ3) is 5.16. The van der Waals surface area contributed by atoms with Crippen LogP contribution in [0, 0.1) is 0 Å². The van der Waals surface area contributed by atoms with Crippen LogP contribution in [-0.4, -0.2) is 18.6 Å². The summed E-state index contributed by atoms with van der Waals surface area (Å²) in [7, 11) is 0. The Labute approximate surface area is 122 Å². The fourth-order valence-corrected chi connectivity index (χ4v) is 3.24. The molecule has 1 saturated carbocycles. The topological polar surface area (TPSA) is 64.6 Å². The minimum Gasteiger partial charge on any atom is -0.461 e. The first kappa shape index (κ1) is 15.4. The van der Waals surface area contributed by atoms with Crippen molar-refractivity contribution in [2.75, 3.05) is 6.54 Å². The lowest BCUT2D eigenvalue weighted by molar-refractivity contribution is -0.147. The predicted octanol–water partition coefficient (Wildman–Crippen LogP) is 3.49. The molecule has 7 heteroatoms. The van der Waals surface area contributed by atoms with Gasteiger partial charge in [0, 0.05) is 11.2 Å². The zero-order valence-electron chi connectivity index (χ0n) is 11.0. The number of nitrogens with one attached hydrogen (secondary N) is 1. The van der Waals surface area contributed by atoms with Crippen LogP contribution in [0.2, 0.25) is 0 Å². The summed E-state index contributed by atoms with van der Waals surface area (Å²) in [5.41, 5.74) is 0. The molecule has 1 fully saturated rings. The van der Waals surface area contributed by atoms with Gasteiger partial charge in [-0.2, -0.15) is 0 Å². The summed E-state index contributed by atoms with van der Waals surface area (Å²) in [6, 6.07) is 8.54. The maximum absolute atomic E-state index is 11.9. The molecular formula is C13H17ClNO4P. The average molecular weight is 318 g/mol. The van der Waals surface area contributed by atoms with Crippen LogP contribution in [0.1, 0.15) is 25.7 Å². The van der Waals surface area contributed by atoms with Gasteiger partial charge in [-0.25, -0.2) is 9.65 Å². The fourth-order valence-electron chi connectivity index (χ4n) is 2.04. The minimum absolute atomic E-state index is 0.0194. The van der Waals surface area contributed by atoms with E-state index in [1.807, 2.05) is 0 Å². The summed E-state index contributed by atoms with van der Waals surface area (Å²) in [6.07, 6.45) is 3.93. The smallest absolute Gasteiger partial charge is 0.409 e. The van der Waals surface area contributed by atoms with Gasteiger partial charge in [0.2, 0.25) is 0 Å². The molecule has 1 aliphatic carbocycles. The molecule has 0 amide bonds. The molecule has 1 atom stereocenters. The molecule has 1 aliphatic rings. The molecule has 20 heavy (non-hydrogen) atoms. The van der Waals surface area contributed by atoms with Crippen molar-refractivity contribution in [1.29, 1.82) is 0 Å². The standard InChI is InChI=1S/C13H17ClNO4P/c14-20(17,19-12-8-2-1-3-9-12)15-10-13(16)18-11-6-4-5-7-11/h1-3,8-9,11H,4-7,10H2,(H,15,17). The highest BCUT2D eigenvalue weighted by Gasteiger charge is 2.24. The summed E-state index contributed by atoms with van der Waals surface area (Å²) >= 11 is 5.75. The molecular weight excluding hydrogens is 301 g/mol. The molecule has 1 aromatic carbocycles. The van der Waals surface area contributed by atoms with Gasteiger partial charge >= 0.3 is 12.8 Å². The van der Waals surface area contributed by atoms with Gasteiger partial charge in [0.1, 0.15) is 18.4 Å². The van der Waals surface area contributed by atoms with Crippen LogP contribution in [0.3, 0.4) is 0 Å². The number of ether oxygens (including phenoxy) is 1. The summed E-state index contributed by atoms with van der Waals surface area (Å²) in [4.78, 5) is 11.6. The van der Waals surface area contributed by atoms with E-state index in [0.717, 1.165) is 25.7 Å². The van der Waals surface area contributed by atoms with Crippen LogP contribution >= 0.6 is 18.1 Å². The van der Waals surface area contributed by atoms with Crippen molar-refractivity contribution >= 4 is 24.1 Å². The van der Waals surface area contributed by atoms with E-state index >= 15 is 0 Å². The van der Waals surface area contributed by atoms with Crippen LogP contribution < -0.4 is 9.61 Å². The van der Waals surface area contributed by atoms with Crippen LogP contribution in [0.4, 0.5) is 0 Å². The summed E-state index contributed by atoms with van der Waals surface area (Å²) < 4.78 is 22.3. The minimum atomic E-state index is -3.59. The van der Waals surface area contributed by atoms with Crippen LogP contribution in [0.5, 0.6) is 5.75 Å². The first-order valence-electron chi connectivity index (χ1n) is 6.54. The fraction of sp³-hybridized carbons (Fsp3) is 0.462. The Morgan fingerprint density at radius 3 is 2.60 bits per heavy atom. The second kappa shape index (κ2) is 7.11. The van der Waals surface area contributed by atoms with Crippen molar-refractivity contribution in [3.05, 3.63) is 30.3 Å². The maximum Gasteiger partial charge on any atom is 0.409 e. The zero-order chi connectivity index (χ0) is 14.4. The Hall–Kier alpha value is -1.03. The van der Waals surface area contributed by atoms with Gasteiger partial charge in [0.25, 0.3) is 0 Å². The van der Waals surface area contributed by atoms with Gasteiger partial charge in [-0.15, -0.1) is 0 Å². The highest BCUT2D eigenvalue weighted by Crippen LogP contribution is 2.47. The molecule has 1 unspecified atom stereocenters. The van der Waals surface area contributed by atoms with E-state index in [0.29, 0.717) is 5.75 Å². The lowest BCUT2D eigenvalue weighted by atomic mass is 10.3. The monoisotopic (exact) mass is 317 g/mol. The molecule has 0 heterocycles. The van der Waals surface area contributed by atoms with E-state index < -0.39 is 12.8 Å². The van der Waals surface area contributed by atoms with E-state index in [9.17, 15) is 9.36 Å². The van der Waals surface area contributed by atoms with Crippen molar-refractivity contribution in [3.8, 4) is 5.75 Å². The molecule has 0 radical (unpaired) electrons. The number of halogens is 1. The van der Waals surface area contributed by atoms with E-state index in [-0.39, 0.29) is 12.6 Å². The Morgan fingerprint density at radius 1 is 1.30 bits per heavy atom. The first-order chi connectivity index (χ1) is 9.55. The Balaban J connectivity index is 1.76. The Bertz CT molecular complexity index is 490. The van der Waals surface area contributed by atoms with Gasteiger partial charge < -0.3 is 9.26 Å². The van der Waals surface area contributed by atoms with Gasteiger partial charge in [0.15, 0.2) is 0 Å². The van der Waals surface area contributed by atoms with E-state index in [2.05, 4.69) is 5.09 Å². The second-order valence-corrected chi connectivity index (χ2v) is 7.41. The van der Waals surface area contributed by atoms with Crippen molar-refractivity contribution in [1.82, 2.24) is 5.09 Å².